The molecule has 0 unspecified atom stereocenters. The molecule has 3 nitrogen and oxygen atoms in total. The van der Waals surface area contributed by atoms with Crippen LogP contribution in [0.3, 0.4) is 0 Å². The quantitative estimate of drug-likeness (QED) is 0.530. The molecule has 0 aromatic heterocycles. The average molecular weight is 306 g/mol. The van der Waals surface area contributed by atoms with Crippen molar-refractivity contribution in [1.29, 1.82) is 0 Å². The van der Waals surface area contributed by atoms with Crippen molar-refractivity contribution < 1.29 is 9.94 Å². The molecule has 92 valence electrons. The van der Waals surface area contributed by atoms with Gasteiger partial charge in [0.15, 0.2) is 0 Å². The lowest BCUT2D eigenvalue weighted by atomic mass is 10.2. The molecule has 4 heteroatoms. The summed E-state index contributed by atoms with van der Waals surface area (Å²) in [6.07, 6.45) is 1.37. The highest BCUT2D eigenvalue weighted by molar-refractivity contribution is 9.10. The van der Waals surface area contributed by atoms with E-state index in [0.717, 1.165) is 21.3 Å². The van der Waals surface area contributed by atoms with Crippen LogP contribution < -0.4 is 4.74 Å². The van der Waals surface area contributed by atoms with Crippen LogP contribution in [-0.2, 0) is 6.61 Å². The molecule has 2 aromatic carbocycles. The van der Waals surface area contributed by atoms with E-state index in [0.29, 0.717) is 6.61 Å². The van der Waals surface area contributed by atoms with Gasteiger partial charge in [0.05, 0.1) is 10.7 Å². The molecule has 0 atom stereocenters. The van der Waals surface area contributed by atoms with Crippen molar-refractivity contribution in [2.45, 2.75) is 6.61 Å². The predicted octanol–water partition coefficient (Wildman–Crippen LogP) is 3.84. The fourth-order valence-corrected chi connectivity index (χ4v) is 2.03. The first-order valence-corrected chi connectivity index (χ1v) is 6.22. The Morgan fingerprint density at radius 1 is 1.17 bits per heavy atom. The van der Waals surface area contributed by atoms with E-state index in [1.54, 1.807) is 0 Å². The highest BCUT2D eigenvalue weighted by atomic mass is 79.9. The molecule has 0 amide bonds. The van der Waals surface area contributed by atoms with Gasteiger partial charge in [-0.15, -0.1) is 0 Å². The summed E-state index contributed by atoms with van der Waals surface area (Å²) in [6, 6.07) is 15.5. The lowest BCUT2D eigenvalue weighted by Crippen LogP contribution is -1.96. The van der Waals surface area contributed by atoms with E-state index >= 15 is 0 Å². The molecule has 0 saturated carbocycles. The third kappa shape index (κ3) is 3.34. The number of benzene rings is 2. The zero-order valence-electron chi connectivity index (χ0n) is 9.58. The van der Waals surface area contributed by atoms with Crippen LogP contribution in [0.15, 0.2) is 58.2 Å². The van der Waals surface area contributed by atoms with Crippen LogP contribution in [0.25, 0.3) is 0 Å². The minimum absolute atomic E-state index is 0.521. The number of rotatable bonds is 4. The smallest absolute Gasteiger partial charge is 0.134 e. The van der Waals surface area contributed by atoms with Crippen LogP contribution in [0.5, 0.6) is 5.75 Å². The van der Waals surface area contributed by atoms with Gasteiger partial charge in [-0.1, -0.05) is 35.5 Å². The van der Waals surface area contributed by atoms with Gasteiger partial charge in [0.2, 0.25) is 0 Å². The third-order valence-electron chi connectivity index (χ3n) is 2.40. The first kappa shape index (κ1) is 12.6. The number of oxime groups is 1. The zero-order chi connectivity index (χ0) is 12.8. The number of nitrogens with zero attached hydrogens (tertiary/aromatic N) is 1. The van der Waals surface area contributed by atoms with E-state index in [1.165, 1.54) is 6.21 Å². The lowest BCUT2D eigenvalue weighted by Gasteiger charge is -2.08. The normalized spacial score (nSPS) is 10.7. The molecule has 0 fully saturated rings. The van der Waals surface area contributed by atoms with Gasteiger partial charge in [-0.3, -0.25) is 0 Å². The van der Waals surface area contributed by atoms with Gasteiger partial charge in [0.1, 0.15) is 12.4 Å². The summed E-state index contributed by atoms with van der Waals surface area (Å²) in [5.74, 6) is 0.758. The number of hydrogen-bond donors (Lipinski definition) is 1. The topological polar surface area (TPSA) is 41.8 Å². The fourth-order valence-electron chi connectivity index (χ4n) is 1.52. The summed E-state index contributed by atoms with van der Waals surface area (Å²) in [6.45, 7) is 0.521. The Morgan fingerprint density at radius 3 is 2.61 bits per heavy atom. The van der Waals surface area contributed by atoms with Crippen molar-refractivity contribution in [2.75, 3.05) is 0 Å². The van der Waals surface area contributed by atoms with Crippen molar-refractivity contribution in [3.63, 3.8) is 0 Å². The SMILES string of the molecule is ON=Cc1ccc(OCc2ccccc2)c(Br)c1. The molecule has 0 bridgehead atoms. The molecule has 0 heterocycles. The number of ether oxygens (including phenoxy) is 1. The van der Waals surface area contributed by atoms with E-state index in [2.05, 4.69) is 21.1 Å². The molecule has 0 saturated heterocycles. The second kappa shape index (κ2) is 6.21. The Hall–Kier alpha value is -1.81. The summed E-state index contributed by atoms with van der Waals surface area (Å²) in [4.78, 5) is 0. The van der Waals surface area contributed by atoms with Crippen molar-refractivity contribution in [2.24, 2.45) is 5.16 Å². The standard InChI is InChI=1S/C14H12BrNO2/c15-13-8-12(9-16-17)6-7-14(13)18-10-11-4-2-1-3-5-11/h1-9,17H,10H2. The van der Waals surface area contributed by atoms with E-state index < -0.39 is 0 Å². The molecule has 1 N–H and O–H groups in total. The maximum absolute atomic E-state index is 8.45. The largest absolute Gasteiger partial charge is 0.488 e. The maximum Gasteiger partial charge on any atom is 0.134 e. The Morgan fingerprint density at radius 2 is 1.94 bits per heavy atom. The van der Waals surface area contributed by atoms with Crippen LogP contribution >= 0.6 is 15.9 Å². The Kier molecular flexibility index (Phi) is 4.36. The van der Waals surface area contributed by atoms with E-state index in [1.807, 2.05) is 48.5 Å². The molecule has 2 aromatic rings. The Labute approximate surface area is 114 Å². The first-order chi connectivity index (χ1) is 8.79. The van der Waals surface area contributed by atoms with Gasteiger partial charge < -0.3 is 9.94 Å². The minimum Gasteiger partial charge on any atom is -0.488 e. The zero-order valence-corrected chi connectivity index (χ0v) is 11.2. The highest BCUT2D eigenvalue weighted by Crippen LogP contribution is 2.26. The molecule has 0 aliphatic rings. The summed E-state index contributed by atoms with van der Waals surface area (Å²) >= 11 is 3.42. The molecular formula is C14H12BrNO2. The molecule has 0 spiro atoms. The van der Waals surface area contributed by atoms with E-state index in [4.69, 9.17) is 9.94 Å². The van der Waals surface area contributed by atoms with E-state index in [-0.39, 0.29) is 0 Å². The Bertz CT molecular complexity index is 541. The summed E-state index contributed by atoms with van der Waals surface area (Å²) in [5.41, 5.74) is 1.92. The van der Waals surface area contributed by atoms with Crippen molar-refractivity contribution in [3.8, 4) is 5.75 Å². The predicted molar refractivity (Wildman–Crippen MR) is 74.3 cm³/mol. The third-order valence-corrected chi connectivity index (χ3v) is 3.02. The van der Waals surface area contributed by atoms with Gasteiger partial charge in [-0.05, 0) is 45.3 Å². The molecule has 18 heavy (non-hydrogen) atoms. The van der Waals surface area contributed by atoms with Crippen molar-refractivity contribution >= 4 is 22.1 Å². The summed E-state index contributed by atoms with van der Waals surface area (Å²) in [7, 11) is 0. The van der Waals surface area contributed by atoms with Crippen LogP contribution in [0, 0.1) is 0 Å². The van der Waals surface area contributed by atoms with Crippen molar-refractivity contribution in [1.82, 2.24) is 0 Å². The molecular weight excluding hydrogens is 294 g/mol. The van der Waals surface area contributed by atoms with Gasteiger partial charge >= 0.3 is 0 Å². The van der Waals surface area contributed by atoms with Gasteiger partial charge in [-0.2, -0.15) is 0 Å². The molecule has 0 aliphatic heterocycles. The number of hydrogen-bond acceptors (Lipinski definition) is 3. The summed E-state index contributed by atoms with van der Waals surface area (Å²) < 4.78 is 6.53. The Balaban J connectivity index is 2.06. The van der Waals surface area contributed by atoms with Crippen LogP contribution in [-0.4, -0.2) is 11.4 Å². The van der Waals surface area contributed by atoms with Gasteiger partial charge in [-0.25, -0.2) is 0 Å². The summed E-state index contributed by atoms with van der Waals surface area (Å²) in [5, 5.41) is 11.4. The second-order valence-electron chi connectivity index (χ2n) is 3.71. The first-order valence-electron chi connectivity index (χ1n) is 5.43. The maximum atomic E-state index is 8.45. The van der Waals surface area contributed by atoms with Crippen molar-refractivity contribution in [3.05, 3.63) is 64.1 Å². The number of halogens is 1. The lowest BCUT2D eigenvalue weighted by molar-refractivity contribution is 0.304. The molecule has 0 radical (unpaired) electrons. The van der Waals surface area contributed by atoms with Crippen LogP contribution in [0.1, 0.15) is 11.1 Å². The van der Waals surface area contributed by atoms with Gasteiger partial charge in [0, 0.05) is 0 Å². The molecule has 0 aliphatic carbocycles. The van der Waals surface area contributed by atoms with E-state index in [9.17, 15) is 0 Å². The van der Waals surface area contributed by atoms with Gasteiger partial charge in [0.25, 0.3) is 0 Å². The fraction of sp³-hybridized carbons (Fsp3) is 0.0714. The minimum atomic E-state index is 0.521. The second-order valence-corrected chi connectivity index (χ2v) is 4.56. The molecule has 2 rings (SSSR count). The van der Waals surface area contributed by atoms with Crippen LogP contribution in [0.4, 0.5) is 0 Å². The highest BCUT2D eigenvalue weighted by Gasteiger charge is 2.02. The monoisotopic (exact) mass is 305 g/mol. The average Bonchev–Trinajstić information content (AvgIpc) is 2.39. The van der Waals surface area contributed by atoms with Crippen LogP contribution in [0.2, 0.25) is 0 Å².